The Hall–Kier alpha value is -2.09. The number of benzene rings is 1. The van der Waals surface area contributed by atoms with Crippen LogP contribution < -0.4 is 5.32 Å². The standard InChI is InChI=1S/C11H6F3NO3S/c12-11(13,14)10(18)15-6-1-2-7-5(3-6)4-8(19-7)9(16)17/h1-4H,(H,15,18)(H,16,17). The minimum Gasteiger partial charge on any atom is -0.477 e. The summed E-state index contributed by atoms with van der Waals surface area (Å²) in [6, 6.07) is 5.38. The first kappa shape index (κ1) is 13.3. The zero-order chi connectivity index (χ0) is 14.2. The Balaban J connectivity index is 2.31. The smallest absolute Gasteiger partial charge is 0.471 e. The minimum absolute atomic E-state index is 0.0374. The minimum atomic E-state index is -4.96. The monoisotopic (exact) mass is 289 g/mol. The van der Waals surface area contributed by atoms with Gasteiger partial charge in [-0.1, -0.05) is 0 Å². The molecule has 0 saturated carbocycles. The molecular weight excluding hydrogens is 283 g/mol. The topological polar surface area (TPSA) is 66.4 Å². The van der Waals surface area contributed by atoms with E-state index in [4.69, 9.17) is 5.11 Å². The van der Waals surface area contributed by atoms with Crippen molar-refractivity contribution >= 4 is 39.0 Å². The molecule has 0 spiro atoms. The predicted molar refractivity (Wildman–Crippen MR) is 63.5 cm³/mol. The van der Waals surface area contributed by atoms with Gasteiger partial charge in [-0.15, -0.1) is 11.3 Å². The lowest BCUT2D eigenvalue weighted by molar-refractivity contribution is -0.167. The van der Waals surface area contributed by atoms with Gasteiger partial charge in [-0.3, -0.25) is 4.79 Å². The van der Waals surface area contributed by atoms with E-state index >= 15 is 0 Å². The number of thiophene rings is 1. The van der Waals surface area contributed by atoms with Crippen molar-refractivity contribution in [1.82, 2.24) is 0 Å². The number of nitrogens with one attached hydrogen (secondary N) is 1. The van der Waals surface area contributed by atoms with Gasteiger partial charge in [0, 0.05) is 10.4 Å². The van der Waals surface area contributed by atoms with E-state index in [0.29, 0.717) is 10.1 Å². The van der Waals surface area contributed by atoms with Crippen LogP contribution >= 0.6 is 11.3 Å². The third-order valence-corrected chi connectivity index (χ3v) is 3.35. The molecular formula is C11H6F3NO3S. The summed E-state index contributed by atoms with van der Waals surface area (Å²) in [6.07, 6.45) is -4.96. The largest absolute Gasteiger partial charge is 0.477 e. The lowest BCUT2D eigenvalue weighted by Crippen LogP contribution is -2.29. The maximum absolute atomic E-state index is 12.1. The number of alkyl halides is 3. The lowest BCUT2D eigenvalue weighted by atomic mass is 10.2. The highest BCUT2D eigenvalue weighted by Crippen LogP contribution is 2.28. The van der Waals surface area contributed by atoms with E-state index in [2.05, 4.69) is 0 Å². The summed E-state index contributed by atoms with van der Waals surface area (Å²) in [6.45, 7) is 0. The highest BCUT2D eigenvalue weighted by molar-refractivity contribution is 7.20. The average molecular weight is 289 g/mol. The molecule has 0 aliphatic heterocycles. The van der Waals surface area contributed by atoms with Crippen LogP contribution in [0.25, 0.3) is 10.1 Å². The molecule has 0 fully saturated rings. The Labute approximate surface area is 108 Å². The van der Waals surface area contributed by atoms with Gasteiger partial charge in [-0.25, -0.2) is 4.79 Å². The molecule has 0 aliphatic rings. The molecule has 0 bridgehead atoms. The third kappa shape index (κ3) is 2.84. The molecule has 0 aliphatic carbocycles. The van der Waals surface area contributed by atoms with Crippen LogP contribution in [0.1, 0.15) is 9.67 Å². The Morgan fingerprint density at radius 2 is 1.89 bits per heavy atom. The van der Waals surface area contributed by atoms with Gasteiger partial charge in [-0.2, -0.15) is 13.2 Å². The van der Waals surface area contributed by atoms with Crippen LogP contribution in [0.15, 0.2) is 24.3 Å². The maximum Gasteiger partial charge on any atom is 0.471 e. The average Bonchev–Trinajstić information content (AvgIpc) is 2.70. The van der Waals surface area contributed by atoms with Gasteiger partial charge in [0.05, 0.1) is 0 Å². The van der Waals surface area contributed by atoms with Crippen molar-refractivity contribution in [3.05, 3.63) is 29.1 Å². The van der Waals surface area contributed by atoms with E-state index in [1.54, 1.807) is 5.32 Å². The second-order valence-electron chi connectivity index (χ2n) is 3.62. The highest BCUT2D eigenvalue weighted by atomic mass is 32.1. The number of anilines is 1. The lowest BCUT2D eigenvalue weighted by Gasteiger charge is -2.07. The zero-order valence-corrected chi connectivity index (χ0v) is 9.93. The Kier molecular flexibility index (Phi) is 3.19. The number of carbonyl (C=O) groups excluding carboxylic acids is 1. The first-order valence-corrected chi connectivity index (χ1v) is 5.74. The summed E-state index contributed by atoms with van der Waals surface area (Å²) >= 11 is 1.00. The van der Waals surface area contributed by atoms with Gasteiger partial charge in [0.25, 0.3) is 0 Å². The van der Waals surface area contributed by atoms with Crippen LogP contribution in [0.3, 0.4) is 0 Å². The first-order valence-electron chi connectivity index (χ1n) is 4.92. The number of carboxylic acids is 1. The number of fused-ring (bicyclic) bond motifs is 1. The zero-order valence-electron chi connectivity index (χ0n) is 9.12. The number of hydrogen-bond donors (Lipinski definition) is 2. The number of hydrogen-bond acceptors (Lipinski definition) is 3. The second-order valence-corrected chi connectivity index (χ2v) is 4.70. The molecule has 19 heavy (non-hydrogen) atoms. The number of rotatable bonds is 2. The predicted octanol–water partition coefficient (Wildman–Crippen LogP) is 3.10. The highest BCUT2D eigenvalue weighted by Gasteiger charge is 2.38. The molecule has 2 N–H and O–H groups in total. The second kappa shape index (κ2) is 4.54. The Morgan fingerprint density at radius 3 is 2.47 bits per heavy atom. The van der Waals surface area contributed by atoms with Crippen LogP contribution in [0.5, 0.6) is 0 Å². The number of carbonyl (C=O) groups is 2. The maximum atomic E-state index is 12.1. The van der Waals surface area contributed by atoms with Gasteiger partial charge in [0.1, 0.15) is 4.88 Å². The third-order valence-electron chi connectivity index (χ3n) is 2.24. The SMILES string of the molecule is O=C(O)c1cc2cc(NC(=O)C(F)(F)F)ccc2s1. The molecule has 0 atom stereocenters. The van der Waals surface area contributed by atoms with Gasteiger partial charge in [0.2, 0.25) is 0 Å². The molecule has 0 saturated heterocycles. The molecule has 4 nitrogen and oxygen atoms in total. The molecule has 0 radical (unpaired) electrons. The molecule has 1 aromatic carbocycles. The van der Waals surface area contributed by atoms with Crippen LogP contribution in [0.2, 0.25) is 0 Å². The van der Waals surface area contributed by atoms with Gasteiger partial charge < -0.3 is 10.4 Å². The van der Waals surface area contributed by atoms with E-state index in [1.165, 1.54) is 24.3 Å². The molecule has 1 aromatic heterocycles. The summed E-state index contributed by atoms with van der Waals surface area (Å²) in [5.41, 5.74) is -0.0374. The van der Waals surface area contributed by atoms with Crippen LogP contribution in [-0.2, 0) is 4.79 Å². The van der Waals surface area contributed by atoms with Crippen molar-refractivity contribution in [3.63, 3.8) is 0 Å². The molecule has 2 rings (SSSR count). The van der Waals surface area contributed by atoms with E-state index < -0.39 is 18.1 Å². The summed E-state index contributed by atoms with van der Waals surface area (Å²) in [7, 11) is 0. The summed E-state index contributed by atoms with van der Waals surface area (Å²) in [5, 5.41) is 11.0. The summed E-state index contributed by atoms with van der Waals surface area (Å²) in [5.74, 6) is -3.18. The van der Waals surface area contributed by atoms with Crippen molar-refractivity contribution in [2.45, 2.75) is 6.18 Å². The fraction of sp³-hybridized carbons (Fsp3) is 0.0909. The van der Waals surface area contributed by atoms with Gasteiger partial charge in [-0.05, 0) is 29.7 Å². The van der Waals surface area contributed by atoms with Crippen LogP contribution in [-0.4, -0.2) is 23.2 Å². The van der Waals surface area contributed by atoms with Crippen molar-refractivity contribution in [2.24, 2.45) is 0 Å². The summed E-state index contributed by atoms with van der Waals surface area (Å²) < 4.78 is 36.8. The van der Waals surface area contributed by atoms with E-state index in [9.17, 15) is 22.8 Å². The van der Waals surface area contributed by atoms with Crippen LogP contribution in [0.4, 0.5) is 18.9 Å². The van der Waals surface area contributed by atoms with E-state index in [-0.39, 0.29) is 10.6 Å². The number of carboxylic acid groups (broad SMARTS) is 1. The molecule has 100 valence electrons. The number of halogens is 3. The summed E-state index contributed by atoms with van der Waals surface area (Å²) in [4.78, 5) is 21.6. The molecule has 8 heteroatoms. The normalized spacial score (nSPS) is 11.5. The number of amides is 1. The number of aromatic carboxylic acids is 1. The van der Waals surface area contributed by atoms with Crippen molar-refractivity contribution in [3.8, 4) is 0 Å². The van der Waals surface area contributed by atoms with Crippen molar-refractivity contribution < 1.29 is 27.9 Å². The fourth-order valence-corrected chi connectivity index (χ4v) is 2.31. The van der Waals surface area contributed by atoms with Crippen LogP contribution in [0, 0.1) is 0 Å². The first-order chi connectivity index (χ1) is 8.77. The molecule has 1 heterocycles. The Bertz CT molecular complexity index is 663. The Morgan fingerprint density at radius 1 is 1.21 bits per heavy atom. The molecule has 2 aromatic rings. The van der Waals surface area contributed by atoms with E-state index in [1.807, 2.05) is 0 Å². The molecule has 1 amide bonds. The van der Waals surface area contributed by atoms with Gasteiger partial charge in [0.15, 0.2) is 0 Å². The quantitative estimate of drug-likeness (QED) is 0.892. The van der Waals surface area contributed by atoms with Gasteiger partial charge >= 0.3 is 18.1 Å². The van der Waals surface area contributed by atoms with E-state index in [0.717, 1.165) is 11.3 Å². The van der Waals surface area contributed by atoms with Crippen molar-refractivity contribution in [2.75, 3.05) is 5.32 Å². The fourth-order valence-electron chi connectivity index (χ4n) is 1.43. The van der Waals surface area contributed by atoms with Crippen molar-refractivity contribution in [1.29, 1.82) is 0 Å². The molecule has 0 unspecified atom stereocenters.